The Labute approximate surface area is 107 Å². The predicted molar refractivity (Wildman–Crippen MR) is 63.5 cm³/mol. The van der Waals surface area contributed by atoms with Crippen LogP contribution in [0.2, 0.25) is 0 Å². The molecule has 1 aromatic carbocycles. The van der Waals surface area contributed by atoms with E-state index in [0.29, 0.717) is 6.42 Å². The van der Waals surface area contributed by atoms with Gasteiger partial charge in [0, 0.05) is 17.6 Å². The Balaban J connectivity index is 2.38. The molecule has 0 spiro atoms. The number of rotatable bonds is 2. The third kappa shape index (κ3) is 2.52. The van der Waals surface area contributed by atoms with Gasteiger partial charge in [0.25, 0.3) is 0 Å². The Bertz CT molecular complexity index is 534. The molecular formula is C10H11BrFNO3S. The Hall–Kier alpha value is -0.500. The second-order valence-corrected chi connectivity index (χ2v) is 6.64. The molecule has 94 valence electrons. The van der Waals surface area contributed by atoms with Crippen LogP contribution in [0.3, 0.4) is 0 Å². The van der Waals surface area contributed by atoms with E-state index < -0.39 is 21.9 Å². The first-order valence-electron chi connectivity index (χ1n) is 5.04. The van der Waals surface area contributed by atoms with Crippen LogP contribution < -0.4 is 0 Å². The van der Waals surface area contributed by atoms with Gasteiger partial charge in [-0.25, -0.2) is 12.8 Å². The van der Waals surface area contributed by atoms with Gasteiger partial charge in [-0.1, -0.05) is 0 Å². The fourth-order valence-corrected chi connectivity index (χ4v) is 4.25. The molecule has 0 aliphatic carbocycles. The van der Waals surface area contributed by atoms with E-state index in [0.717, 1.165) is 12.1 Å². The summed E-state index contributed by atoms with van der Waals surface area (Å²) in [6, 6.07) is 3.43. The van der Waals surface area contributed by atoms with E-state index in [1.807, 2.05) is 0 Å². The molecule has 1 aromatic rings. The molecule has 7 heteroatoms. The van der Waals surface area contributed by atoms with Crippen LogP contribution in [0.25, 0.3) is 0 Å². The van der Waals surface area contributed by atoms with Gasteiger partial charge in [-0.05, 0) is 40.5 Å². The van der Waals surface area contributed by atoms with Gasteiger partial charge in [0.2, 0.25) is 10.0 Å². The summed E-state index contributed by atoms with van der Waals surface area (Å²) in [6.45, 7) is 0.374. The summed E-state index contributed by atoms with van der Waals surface area (Å²) in [5, 5.41) is 9.35. The molecule has 2 rings (SSSR count). The van der Waals surface area contributed by atoms with Gasteiger partial charge in [0.15, 0.2) is 0 Å². The zero-order chi connectivity index (χ0) is 12.6. The number of hydrogen-bond donors (Lipinski definition) is 1. The summed E-state index contributed by atoms with van der Waals surface area (Å²) >= 11 is 3.04. The van der Waals surface area contributed by atoms with Crippen molar-refractivity contribution in [1.82, 2.24) is 4.31 Å². The van der Waals surface area contributed by atoms with Gasteiger partial charge in [-0.3, -0.25) is 0 Å². The smallest absolute Gasteiger partial charge is 0.244 e. The van der Waals surface area contributed by atoms with E-state index in [1.165, 1.54) is 10.4 Å². The standard InChI is InChI=1S/C10H11BrFNO3S/c11-9-5-7(12)1-2-10(9)17(15,16)13-4-3-8(14)6-13/h1-2,5,8,14H,3-4,6H2/t8-/m1/s1. The SMILES string of the molecule is O=S(=O)(c1ccc(F)cc1Br)N1CC[C@@H](O)C1. The largest absolute Gasteiger partial charge is 0.392 e. The van der Waals surface area contributed by atoms with Crippen molar-refractivity contribution in [2.75, 3.05) is 13.1 Å². The fraction of sp³-hybridized carbons (Fsp3) is 0.400. The average Bonchev–Trinajstić information content (AvgIpc) is 2.64. The van der Waals surface area contributed by atoms with Crippen LogP contribution in [0.15, 0.2) is 27.6 Å². The summed E-state index contributed by atoms with van der Waals surface area (Å²) in [6.07, 6.45) is -0.193. The van der Waals surface area contributed by atoms with Crippen molar-refractivity contribution in [3.63, 3.8) is 0 Å². The van der Waals surface area contributed by atoms with Crippen LogP contribution in [0.1, 0.15) is 6.42 Å². The molecule has 1 heterocycles. The Morgan fingerprint density at radius 1 is 1.47 bits per heavy atom. The van der Waals surface area contributed by atoms with E-state index in [2.05, 4.69) is 15.9 Å². The molecule has 0 saturated carbocycles. The second kappa shape index (κ2) is 4.64. The highest BCUT2D eigenvalue weighted by Crippen LogP contribution is 2.27. The third-order valence-corrected chi connectivity index (χ3v) is 5.48. The summed E-state index contributed by atoms with van der Waals surface area (Å²) in [7, 11) is -3.66. The molecule has 1 atom stereocenters. The molecule has 1 N–H and O–H groups in total. The molecule has 0 amide bonds. The van der Waals surface area contributed by atoms with E-state index >= 15 is 0 Å². The van der Waals surface area contributed by atoms with Gasteiger partial charge in [0.1, 0.15) is 5.82 Å². The molecule has 1 aliphatic rings. The second-order valence-electron chi connectivity index (χ2n) is 3.88. The third-order valence-electron chi connectivity index (χ3n) is 2.64. The molecule has 1 saturated heterocycles. The number of aliphatic hydroxyl groups is 1. The first-order valence-corrected chi connectivity index (χ1v) is 7.28. The zero-order valence-electron chi connectivity index (χ0n) is 8.81. The number of sulfonamides is 1. The van der Waals surface area contributed by atoms with Crippen LogP contribution in [0.5, 0.6) is 0 Å². The molecule has 1 fully saturated rings. The molecule has 0 bridgehead atoms. The maximum absolute atomic E-state index is 12.9. The quantitative estimate of drug-likeness (QED) is 0.893. The molecule has 0 aromatic heterocycles. The first kappa shape index (κ1) is 12.9. The maximum atomic E-state index is 12.9. The van der Waals surface area contributed by atoms with E-state index in [9.17, 15) is 17.9 Å². The maximum Gasteiger partial charge on any atom is 0.244 e. The monoisotopic (exact) mass is 323 g/mol. The Kier molecular flexibility index (Phi) is 3.53. The van der Waals surface area contributed by atoms with Crippen molar-refractivity contribution in [2.45, 2.75) is 17.4 Å². The molecule has 4 nitrogen and oxygen atoms in total. The Morgan fingerprint density at radius 3 is 2.71 bits per heavy atom. The summed E-state index contributed by atoms with van der Waals surface area (Å²) in [5.41, 5.74) is 0. The van der Waals surface area contributed by atoms with Crippen LogP contribution in [-0.4, -0.2) is 37.0 Å². The highest BCUT2D eigenvalue weighted by atomic mass is 79.9. The van der Waals surface area contributed by atoms with E-state index in [-0.39, 0.29) is 22.5 Å². The van der Waals surface area contributed by atoms with Gasteiger partial charge < -0.3 is 5.11 Å². The van der Waals surface area contributed by atoms with Gasteiger partial charge >= 0.3 is 0 Å². The number of benzene rings is 1. The minimum absolute atomic E-state index is 0.0213. The zero-order valence-corrected chi connectivity index (χ0v) is 11.2. The van der Waals surface area contributed by atoms with Crippen molar-refractivity contribution in [1.29, 1.82) is 0 Å². The Morgan fingerprint density at radius 2 is 2.18 bits per heavy atom. The average molecular weight is 324 g/mol. The minimum atomic E-state index is -3.66. The lowest BCUT2D eigenvalue weighted by molar-refractivity contribution is 0.189. The normalized spacial score (nSPS) is 21.9. The van der Waals surface area contributed by atoms with Crippen LogP contribution >= 0.6 is 15.9 Å². The topological polar surface area (TPSA) is 57.6 Å². The van der Waals surface area contributed by atoms with Crippen molar-refractivity contribution >= 4 is 26.0 Å². The first-order chi connectivity index (χ1) is 7.91. The summed E-state index contributed by atoms with van der Waals surface area (Å²) in [5.74, 6) is -0.503. The van der Waals surface area contributed by atoms with Crippen LogP contribution in [-0.2, 0) is 10.0 Å². The lowest BCUT2D eigenvalue weighted by atomic mass is 10.3. The fourth-order valence-electron chi connectivity index (χ4n) is 1.75. The lowest BCUT2D eigenvalue weighted by Gasteiger charge is -2.16. The summed E-state index contributed by atoms with van der Waals surface area (Å²) < 4.78 is 38.6. The number of hydrogen-bond acceptors (Lipinski definition) is 3. The van der Waals surface area contributed by atoms with Gasteiger partial charge in [-0.2, -0.15) is 4.31 Å². The van der Waals surface area contributed by atoms with Crippen LogP contribution in [0, 0.1) is 5.82 Å². The minimum Gasteiger partial charge on any atom is -0.392 e. The van der Waals surface area contributed by atoms with Crippen molar-refractivity contribution in [3.05, 3.63) is 28.5 Å². The van der Waals surface area contributed by atoms with Crippen molar-refractivity contribution in [3.8, 4) is 0 Å². The highest BCUT2D eigenvalue weighted by molar-refractivity contribution is 9.10. The lowest BCUT2D eigenvalue weighted by Crippen LogP contribution is -2.30. The summed E-state index contributed by atoms with van der Waals surface area (Å²) in [4.78, 5) is 0.0213. The van der Waals surface area contributed by atoms with Crippen molar-refractivity contribution < 1.29 is 17.9 Å². The van der Waals surface area contributed by atoms with Gasteiger partial charge in [0.05, 0.1) is 11.0 Å². The van der Waals surface area contributed by atoms with E-state index in [4.69, 9.17) is 0 Å². The number of nitrogens with zero attached hydrogens (tertiary/aromatic N) is 1. The molecule has 0 radical (unpaired) electrons. The van der Waals surface area contributed by atoms with Crippen LogP contribution in [0.4, 0.5) is 4.39 Å². The number of β-amino-alcohol motifs (C(OH)–C–C–N with tert-alkyl or cyclic N) is 1. The molecule has 1 aliphatic heterocycles. The van der Waals surface area contributed by atoms with E-state index in [1.54, 1.807) is 0 Å². The van der Waals surface area contributed by atoms with Crippen molar-refractivity contribution in [2.24, 2.45) is 0 Å². The predicted octanol–water partition coefficient (Wildman–Crippen LogP) is 1.34. The molecule has 17 heavy (non-hydrogen) atoms. The van der Waals surface area contributed by atoms with Gasteiger partial charge in [-0.15, -0.1) is 0 Å². The molecular weight excluding hydrogens is 313 g/mol. The number of aliphatic hydroxyl groups excluding tert-OH is 1. The number of halogens is 2. The highest BCUT2D eigenvalue weighted by Gasteiger charge is 2.32. The molecule has 0 unspecified atom stereocenters.